The van der Waals surface area contributed by atoms with Gasteiger partial charge in [-0.1, -0.05) is 24.3 Å². The Morgan fingerprint density at radius 3 is 2.47 bits per heavy atom. The standard InChI is InChI=1S/C25H23N5O2/c1-32-20-9-6-19(7-10-20)23-16-24(27-17-26-23)29-12-14-30(15-13-29)25(31)22-11-8-18-4-2-3-5-21(18)28-22/h2-11,16-17H,12-15H2,1H3. The van der Waals surface area contributed by atoms with Crippen LogP contribution in [-0.2, 0) is 0 Å². The second kappa shape index (κ2) is 8.63. The highest BCUT2D eigenvalue weighted by Gasteiger charge is 2.24. The third-order valence-corrected chi connectivity index (χ3v) is 5.75. The summed E-state index contributed by atoms with van der Waals surface area (Å²) in [7, 11) is 1.65. The number of nitrogens with zero attached hydrogens (tertiary/aromatic N) is 5. The van der Waals surface area contributed by atoms with Crippen LogP contribution in [0.25, 0.3) is 22.2 Å². The molecule has 5 rings (SSSR count). The van der Waals surface area contributed by atoms with E-state index in [1.165, 1.54) is 0 Å². The first kappa shape index (κ1) is 19.9. The van der Waals surface area contributed by atoms with Crippen LogP contribution in [0.5, 0.6) is 5.75 Å². The van der Waals surface area contributed by atoms with Gasteiger partial charge in [-0.25, -0.2) is 15.0 Å². The van der Waals surface area contributed by atoms with E-state index < -0.39 is 0 Å². The molecule has 1 fully saturated rings. The lowest BCUT2D eigenvalue weighted by atomic mass is 10.1. The Morgan fingerprint density at radius 1 is 0.906 bits per heavy atom. The first-order chi connectivity index (χ1) is 15.7. The Labute approximate surface area is 186 Å². The number of fused-ring (bicyclic) bond motifs is 1. The van der Waals surface area contributed by atoms with Gasteiger partial charge in [-0.05, 0) is 36.4 Å². The smallest absolute Gasteiger partial charge is 0.272 e. The van der Waals surface area contributed by atoms with Crippen molar-refractivity contribution < 1.29 is 9.53 Å². The molecule has 0 saturated carbocycles. The molecule has 0 aliphatic carbocycles. The maximum Gasteiger partial charge on any atom is 0.272 e. The summed E-state index contributed by atoms with van der Waals surface area (Å²) in [5.74, 6) is 1.64. The molecular formula is C25H23N5O2. The van der Waals surface area contributed by atoms with E-state index in [9.17, 15) is 4.79 Å². The molecule has 160 valence electrons. The number of aromatic nitrogens is 3. The number of hydrogen-bond donors (Lipinski definition) is 0. The highest BCUT2D eigenvalue weighted by atomic mass is 16.5. The summed E-state index contributed by atoms with van der Waals surface area (Å²) >= 11 is 0. The Kier molecular flexibility index (Phi) is 5.37. The van der Waals surface area contributed by atoms with Gasteiger partial charge in [0.05, 0.1) is 18.3 Å². The molecule has 1 aliphatic heterocycles. The topological polar surface area (TPSA) is 71.5 Å². The number of carbonyl (C=O) groups excluding carboxylic acids is 1. The van der Waals surface area contributed by atoms with E-state index in [1.54, 1.807) is 13.4 Å². The predicted octanol–water partition coefficient (Wildman–Crippen LogP) is 3.66. The number of carbonyl (C=O) groups is 1. The molecule has 0 unspecified atom stereocenters. The summed E-state index contributed by atoms with van der Waals surface area (Å²) in [5.41, 5.74) is 3.19. The average molecular weight is 425 g/mol. The summed E-state index contributed by atoms with van der Waals surface area (Å²) in [6.07, 6.45) is 1.59. The number of amides is 1. The maximum atomic E-state index is 13.0. The number of anilines is 1. The first-order valence-electron chi connectivity index (χ1n) is 10.6. The molecule has 2 aromatic heterocycles. The zero-order valence-electron chi connectivity index (χ0n) is 17.8. The molecule has 7 nitrogen and oxygen atoms in total. The minimum absolute atomic E-state index is 0.0305. The molecule has 0 atom stereocenters. The zero-order valence-corrected chi connectivity index (χ0v) is 17.8. The lowest BCUT2D eigenvalue weighted by molar-refractivity contribution is 0.0741. The predicted molar refractivity (Wildman–Crippen MR) is 124 cm³/mol. The van der Waals surface area contributed by atoms with Crippen LogP contribution in [0.15, 0.2) is 73.1 Å². The molecule has 7 heteroatoms. The van der Waals surface area contributed by atoms with Crippen molar-refractivity contribution in [3.05, 3.63) is 78.8 Å². The van der Waals surface area contributed by atoms with Gasteiger partial charge in [-0.3, -0.25) is 4.79 Å². The van der Waals surface area contributed by atoms with Crippen molar-refractivity contribution in [3.8, 4) is 17.0 Å². The van der Waals surface area contributed by atoms with Crippen molar-refractivity contribution in [3.63, 3.8) is 0 Å². The summed E-state index contributed by atoms with van der Waals surface area (Å²) in [6, 6.07) is 21.4. The number of pyridine rings is 1. The monoisotopic (exact) mass is 425 g/mol. The third kappa shape index (κ3) is 3.97. The quantitative estimate of drug-likeness (QED) is 0.497. The highest BCUT2D eigenvalue weighted by molar-refractivity contribution is 5.95. The van der Waals surface area contributed by atoms with E-state index in [1.807, 2.05) is 71.6 Å². The second-order valence-electron chi connectivity index (χ2n) is 7.66. The summed E-state index contributed by atoms with van der Waals surface area (Å²) in [4.78, 5) is 30.5. The molecule has 0 radical (unpaired) electrons. The second-order valence-corrected chi connectivity index (χ2v) is 7.66. The Bertz CT molecular complexity index is 1250. The molecule has 3 heterocycles. The van der Waals surface area contributed by atoms with Crippen molar-refractivity contribution in [1.82, 2.24) is 19.9 Å². The number of piperazine rings is 1. The molecule has 2 aromatic carbocycles. The fourth-order valence-corrected chi connectivity index (χ4v) is 3.93. The molecule has 0 N–H and O–H groups in total. The summed E-state index contributed by atoms with van der Waals surface area (Å²) in [5, 5.41) is 1.03. The fourth-order valence-electron chi connectivity index (χ4n) is 3.93. The number of ether oxygens (including phenoxy) is 1. The van der Waals surface area contributed by atoms with Gasteiger partial charge in [0.15, 0.2) is 0 Å². The summed E-state index contributed by atoms with van der Waals surface area (Å²) in [6.45, 7) is 2.65. The molecule has 1 saturated heterocycles. The number of para-hydroxylation sites is 1. The Hall–Kier alpha value is -4.00. The lowest BCUT2D eigenvalue weighted by Crippen LogP contribution is -2.49. The van der Waals surface area contributed by atoms with Gasteiger partial charge < -0.3 is 14.5 Å². The highest BCUT2D eigenvalue weighted by Crippen LogP contribution is 2.24. The minimum Gasteiger partial charge on any atom is -0.497 e. The third-order valence-electron chi connectivity index (χ3n) is 5.75. The largest absolute Gasteiger partial charge is 0.497 e. The van der Waals surface area contributed by atoms with E-state index >= 15 is 0 Å². The lowest BCUT2D eigenvalue weighted by Gasteiger charge is -2.35. The average Bonchev–Trinajstić information content (AvgIpc) is 2.88. The van der Waals surface area contributed by atoms with Crippen molar-refractivity contribution in [1.29, 1.82) is 0 Å². The van der Waals surface area contributed by atoms with Gasteiger partial charge in [0.2, 0.25) is 0 Å². The van der Waals surface area contributed by atoms with Crippen LogP contribution >= 0.6 is 0 Å². The summed E-state index contributed by atoms with van der Waals surface area (Å²) < 4.78 is 5.23. The van der Waals surface area contributed by atoms with Crippen molar-refractivity contribution in [2.45, 2.75) is 0 Å². The van der Waals surface area contributed by atoms with Gasteiger partial charge >= 0.3 is 0 Å². The number of rotatable bonds is 4. The normalized spacial score (nSPS) is 13.9. The van der Waals surface area contributed by atoms with Crippen LogP contribution in [0, 0.1) is 0 Å². The van der Waals surface area contributed by atoms with Gasteiger partial charge in [0.1, 0.15) is 23.6 Å². The number of methoxy groups -OCH3 is 1. The van der Waals surface area contributed by atoms with Crippen molar-refractivity contribution in [2.24, 2.45) is 0 Å². The van der Waals surface area contributed by atoms with Gasteiger partial charge in [-0.2, -0.15) is 0 Å². The first-order valence-corrected chi connectivity index (χ1v) is 10.6. The van der Waals surface area contributed by atoms with E-state index in [0.717, 1.165) is 33.7 Å². The van der Waals surface area contributed by atoms with E-state index in [0.29, 0.717) is 31.9 Å². The molecule has 1 aliphatic rings. The van der Waals surface area contributed by atoms with Gasteiger partial charge in [0.25, 0.3) is 5.91 Å². The SMILES string of the molecule is COc1ccc(-c2cc(N3CCN(C(=O)c4ccc5ccccc5n4)CC3)ncn2)cc1. The van der Waals surface area contributed by atoms with Crippen LogP contribution in [-0.4, -0.2) is 59.0 Å². The Balaban J connectivity index is 1.27. The van der Waals surface area contributed by atoms with Gasteiger partial charge in [-0.15, -0.1) is 0 Å². The minimum atomic E-state index is -0.0305. The zero-order chi connectivity index (χ0) is 21.9. The molecule has 32 heavy (non-hydrogen) atoms. The van der Waals surface area contributed by atoms with E-state index in [2.05, 4.69) is 19.9 Å². The van der Waals surface area contributed by atoms with Crippen LogP contribution in [0.4, 0.5) is 5.82 Å². The molecule has 4 aromatic rings. The van der Waals surface area contributed by atoms with Crippen LogP contribution in [0.3, 0.4) is 0 Å². The van der Waals surface area contributed by atoms with Crippen LogP contribution < -0.4 is 9.64 Å². The maximum absolute atomic E-state index is 13.0. The molecule has 0 spiro atoms. The molecule has 1 amide bonds. The number of hydrogen-bond acceptors (Lipinski definition) is 6. The number of benzene rings is 2. The molecular weight excluding hydrogens is 402 g/mol. The fraction of sp³-hybridized carbons (Fsp3) is 0.200. The van der Waals surface area contributed by atoms with Crippen molar-refractivity contribution >= 4 is 22.6 Å². The molecule has 0 bridgehead atoms. The van der Waals surface area contributed by atoms with E-state index in [4.69, 9.17) is 4.74 Å². The van der Waals surface area contributed by atoms with Crippen LogP contribution in [0.2, 0.25) is 0 Å². The van der Waals surface area contributed by atoms with Crippen molar-refractivity contribution in [2.75, 3.05) is 38.2 Å². The Morgan fingerprint density at radius 2 is 1.69 bits per heavy atom. The van der Waals surface area contributed by atoms with Crippen LogP contribution in [0.1, 0.15) is 10.5 Å². The van der Waals surface area contributed by atoms with Gasteiger partial charge in [0, 0.05) is 43.2 Å². The van der Waals surface area contributed by atoms with E-state index in [-0.39, 0.29) is 5.91 Å².